The minimum Gasteiger partial charge on any atom is -0.493 e. The van der Waals surface area contributed by atoms with Crippen LogP contribution in [0, 0.1) is 5.82 Å². The van der Waals surface area contributed by atoms with E-state index < -0.39 is 38.6 Å². The smallest absolute Gasteiger partial charge is 0.269 e. The Bertz CT molecular complexity index is 1070. The third-order valence-electron chi connectivity index (χ3n) is 4.30. The molecule has 12 heteroatoms. The van der Waals surface area contributed by atoms with Crippen molar-refractivity contribution >= 4 is 33.6 Å². The Morgan fingerprint density at radius 2 is 1.75 bits per heavy atom. The van der Waals surface area contributed by atoms with Crippen LogP contribution >= 0.6 is 11.8 Å². The van der Waals surface area contributed by atoms with E-state index in [0.29, 0.717) is 17.3 Å². The first-order valence-electron chi connectivity index (χ1n) is 9.31. The van der Waals surface area contributed by atoms with Crippen molar-refractivity contribution in [2.75, 3.05) is 26.2 Å². The first-order valence-corrected chi connectivity index (χ1v) is 12.2. The van der Waals surface area contributed by atoms with Crippen LogP contribution < -0.4 is 25.0 Å². The fourth-order valence-electron chi connectivity index (χ4n) is 2.65. The maximum Gasteiger partial charge on any atom is 0.269 e. The summed E-state index contributed by atoms with van der Waals surface area (Å²) in [5, 5.41) is 0. The molecule has 1 atom stereocenters. The van der Waals surface area contributed by atoms with Crippen LogP contribution in [-0.2, 0) is 14.8 Å². The average molecular weight is 486 g/mol. The highest BCUT2D eigenvalue weighted by molar-refractivity contribution is 7.98. The van der Waals surface area contributed by atoms with Crippen molar-refractivity contribution in [2.45, 2.75) is 17.4 Å². The zero-order valence-electron chi connectivity index (χ0n) is 17.7. The van der Waals surface area contributed by atoms with Gasteiger partial charge in [-0.3, -0.25) is 20.4 Å². The normalized spacial score (nSPS) is 12.0. The fraction of sp³-hybridized carbons (Fsp3) is 0.300. The molecule has 0 radical (unpaired) electrons. The van der Waals surface area contributed by atoms with Gasteiger partial charge in [0, 0.05) is 5.56 Å². The Morgan fingerprint density at radius 3 is 2.38 bits per heavy atom. The van der Waals surface area contributed by atoms with Gasteiger partial charge in [-0.05, 0) is 48.8 Å². The van der Waals surface area contributed by atoms with Gasteiger partial charge in [-0.1, -0.05) is 12.1 Å². The second-order valence-electron chi connectivity index (χ2n) is 6.40. The highest BCUT2D eigenvalue weighted by atomic mass is 32.2. The number of halogens is 1. The summed E-state index contributed by atoms with van der Waals surface area (Å²) in [5.74, 6) is -1.20. The van der Waals surface area contributed by atoms with Gasteiger partial charge in [0.15, 0.2) is 11.5 Å². The Balaban J connectivity index is 2.11. The number of hydrogen-bond acceptors (Lipinski definition) is 7. The topological polar surface area (TPSA) is 123 Å². The lowest BCUT2D eigenvalue weighted by Crippen LogP contribution is -2.52. The number of sulfonamides is 1. The van der Waals surface area contributed by atoms with E-state index in [1.807, 2.05) is 0 Å². The zero-order valence-corrected chi connectivity index (χ0v) is 19.3. The molecule has 2 rings (SSSR count). The lowest BCUT2D eigenvalue weighted by atomic mass is 10.2. The van der Waals surface area contributed by atoms with Crippen LogP contribution in [0.1, 0.15) is 16.8 Å². The van der Waals surface area contributed by atoms with E-state index in [1.54, 1.807) is 6.26 Å². The summed E-state index contributed by atoms with van der Waals surface area (Å²) >= 11 is 1.40. The molecule has 0 spiro atoms. The van der Waals surface area contributed by atoms with Gasteiger partial charge < -0.3 is 9.47 Å². The van der Waals surface area contributed by atoms with Crippen LogP contribution in [0.15, 0.2) is 47.4 Å². The van der Waals surface area contributed by atoms with Gasteiger partial charge in [0.2, 0.25) is 10.0 Å². The van der Waals surface area contributed by atoms with Gasteiger partial charge in [-0.25, -0.2) is 12.8 Å². The maximum absolute atomic E-state index is 13.9. The second-order valence-corrected chi connectivity index (χ2v) is 9.07. The molecule has 9 nitrogen and oxygen atoms in total. The summed E-state index contributed by atoms with van der Waals surface area (Å²) in [7, 11) is -1.44. The molecule has 0 saturated heterocycles. The summed E-state index contributed by atoms with van der Waals surface area (Å²) < 4.78 is 51.5. The van der Waals surface area contributed by atoms with Gasteiger partial charge in [0.05, 0.1) is 14.2 Å². The molecule has 0 aliphatic carbocycles. The summed E-state index contributed by atoms with van der Waals surface area (Å²) in [5.41, 5.74) is 4.61. The number of carbonyl (C=O) groups excluding carboxylic acids is 2. The van der Waals surface area contributed by atoms with Crippen LogP contribution in [0.2, 0.25) is 0 Å². The van der Waals surface area contributed by atoms with E-state index >= 15 is 0 Å². The summed E-state index contributed by atoms with van der Waals surface area (Å²) in [6, 6.07) is 8.02. The SMILES string of the molecule is COc1ccc(C(=O)NNC(=O)C(CCSC)NS(=O)(=O)c2ccccc2F)cc1OC. The summed E-state index contributed by atoms with van der Waals surface area (Å²) in [6.45, 7) is 0. The molecule has 0 fully saturated rings. The number of benzene rings is 2. The number of hydrazine groups is 1. The lowest BCUT2D eigenvalue weighted by Gasteiger charge is -2.19. The number of amides is 2. The highest BCUT2D eigenvalue weighted by Crippen LogP contribution is 2.27. The molecule has 0 aliphatic heterocycles. The number of rotatable bonds is 10. The number of carbonyl (C=O) groups is 2. The number of thioether (sulfide) groups is 1. The minimum absolute atomic E-state index is 0.118. The predicted octanol–water partition coefficient (Wildman–Crippen LogP) is 1.70. The van der Waals surface area contributed by atoms with Crippen LogP contribution in [0.4, 0.5) is 4.39 Å². The summed E-state index contributed by atoms with van der Waals surface area (Å²) in [4.78, 5) is 24.4. The van der Waals surface area contributed by atoms with E-state index in [-0.39, 0.29) is 12.0 Å². The number of methoxy groups -OCH3 is 2. The molecule has 0 saturated carbocycles. The van der Waals surface area contributed by atoms with E-state index in [0.717, 1.165) is 12.1 Å². The van der Waals surface area contributed by atoms with Crippen molar-refractivity contribution in [3.8, 4) is 11.5 Å². The van der Waals surface area contributed by atoms with E-state index in [9.17, 15) is 22.4 Å². The van der Waals surface area contributed by atoms with Crippen LogP contribution in [0.3, 0.4) is 0 Å². The van der Waals surface area contributed by atoms with Crippen LogP contribution in [0.25, 0.3) is 0 Å². The first kappa shape index (κ1) is 25.4. The molecule has 0 aromatic heterocycles. The quantitative estimate of drug-likeness (QED) is 0.438. The minimum atomic E-state index is -4.31. The van der Waals surface area contributed by atoms with Gasteiger partial charge in [0.25, 0.3) is 11.8 Å². The Hall–Kier alpha value is -2.83. The van der Waals surface area contributed by atoms with Gasteiger partial charge >= 0.3 is 0 Å². The molecule has 174 valence electrons. The molecular formula is C20H24FN3O6S2. The van der Waals surface area contributed by atoms with Gasteiger partial charge in [-0.2, -0.15) is 16.5 Å². The van der Waals surface area contributed by atoms with Crippen molar-refractivity contribution in [3.63, 3.8) is 0 Å². The van der Waals surface area contributed by atoms with Crippen molar-refractivity contribution in [1.82, 2.24) is 15.6 Å². The Labute approximate surface area is 190 Å². The number of nitrogens with one attached hydrogen (secondary N) is 3. The fourth-order valence-corrected chi connectivity index (χ4v) is 4.43. The largest absolute Gasteiger partial charge is 0.493 e. The van der Waals surface area contributed by atoms with Crippen molar-refractivity contribution in [3.05, 3.63) is 53.8 Å². The molecule has 2 aromatic carbocycles. The Morgan fingerprint density at radius 1 is 1.06 bits per heavy atom. The molecule has 0 bridgehead atoms. The van der Waals surface area contributed by atoms with E-state index in [4.69, 9.17) is 9.47 Å². The van der Waals surface area contributed by atoms with Crippen LogP contribution in [0.5, 0.6) is 11.5 Å². The molecule has 3 N–H and O–H groups in total. The summed E-state index contributed by atoms with van der Waals surface area (Å²) in [6.07, 6.45) is 1.91. The van der Waals surface area contributed by atoms with Crippen molar-refractivity contribution < 1.29 is 31.9 Å². The molecule has 0 heterocycles. The molecule has 32 heavy (non-hydrogen) atoms. The molecule has 2 amide bonds. The zero-order chi connectivity index (χ0) is 23.7. The molecule has 0 aliphatic rings. The average Bonchev–Trinajstić information content (AvgIpc) is 2.79. The lowest BCUT2D eigenvalue weighted by molar-refractivity contribution is -0.123. The van der Waals surface area contributed by atoms with E-state index in [2.05, 4.69) is 15.6 Å². The van der Waals surface area contributed by atoms with Crippen molar-refractivity contribution in [1.29, 1.82) is 0 Å². The monoisotopic (exact) mass is 485 g/mol. The van der Waals surface area contributed by atoms with Gasteiger partial charge in [0.1, 0.15) is 16.8 Å². The van der Waals surface area contributed by atoms with E-state index in [1.165, 1.54) is 56.3 Å². The number of ether oxygens (including phenoxy) is 2. The molecule has 2 aromatic rings. The third-order valence-corrected chi connectivity index (χ3v) is 6.44. The Kier molecular flexibility index (Phi) is 9.29. The molecular weight excluding hydrogens is 461 g/mol. The molecule has 1 unspecified atom stereocenters. The third kappa shape index (κ3) is 6.58. The van der Waals surface area contributed by atoms with Gasteiger partial charge in [-0.15, -0.1) is 0 Å². The first-order chi connectivity index (χ1) is 15.2. The highest BCUT2D eigenvalue weighted by Gasteiger charge is 2.27. The van der Waals surface area contributed by atoms with Crippen molar-refractivity contribution in [2.24, 2.45) is 0 Å². The second kappa shape index (κ2) is 11.7. The standard InChI is InChI=1S/C20H24FN3O6S2/c1-29-16-9-8-13(12-17(16)30-2)19(25)22-23-20(26)15(10-11-31-3)24-32(27,28)18-7-5-4-6-14(18)21/h4-9,12,15,24H,10-11H2,1-3H3,(H,22,25)(H,23,26). The maximum atomic E-state index is 13.9. The number of hydrogen-bond donors (Lipinski definition) is 3. The van der Waals surface area contributed by atoms with Crippen LogP contribution in [-0.4, -0.2) is 52.5 Å². The predicted molar refractivity (Wildman–Crippen MR) is 119 cm³/mol.